The van der Waals surface area contributed by atoms with Gasteiger partial charge in [-0.05, 0) is 0 Å². The van der Waals surface area contributed by atoms with Gasteiger partial charge in [0.05, 0.1) is 0 Å². The zero-order valence-electron chi connectivity index (χ0n) is 4.90. The van der Waals surface area contributed by atoms with Crippen LogP contribution in [-0.4, -0.2) is 36.6 Å². The van der Waals surface area contributed by atoms with Crippen molar-refractivity contribution in [2.45, 2.75) is 0 Å². The third-order valence-electron chi connectivity index (χ3n) is 0. The van der Waals surface area contributed by atoms with Crippen LogP contribution in [0.4, 0.5) is 0 Å². The van der Waals surface area contributed by atoms with E-state index < -0.39 is 7.82 Å². The summed E-state index contributed by atoms with van der Waals surface area (Å²) in [6, 6.07) is 0. The van der Waals surface area contributed by atoms with Gasteiger partial charge in [0, 0.05) is 19.5 Å². The molecule has 0 aliphatic carbocycles. The normalized spacial score (nSPS) is 5.90. The van der Waals surface area contributed by atoms with Gasteiger partial charge < -0.3 is 36.6 Å². The van der Waals surface area contributed by atoms with Crippen LogP contribution in [0, 0.1) is 0 Å². The van der Waals surface area contributed by atoms with Crippen LogP contribution in [0.2, 0.25) is 0 Å². The predicted molar refractivity (Wildman–Crippen MR) is 28.7 cm³/mol. The van der Waals surface area contributed by atoms with Crippen LogP contribution in [-0.2, 0) is 24.0 Å². The van der Waals surface area contributed by atoms with Crippen LogP contribution in [0.3, 0.4) is 0 Å². The second-order valence-corrected chi connectivity index (χ2v) is 1.54. The Morgan fingerprint density at radius 1 is 0.800 bits per heavy atom. The van der Waals surface area contributed by atoms with Crippen molar-refractivity contribution in [1.29, 1.82) is 0 Å². The van der Waals surface area contributed by atoms with Gasteiger partial charge in [0.25, 0.3) is 0 Å². The number of phosphoric acid groups is 1. The molecule has 10 heavy (non-hydrogen) atoms. The van der Waals surface area contributed by atoms with E-state index in [9.17, 15) is 0 Å². The van der Waals surface area contributed by atoms with Crippen LogP contribution >= 0.6 is 7.82 Å². The van der Waals surface area contributed by atoms with Crippen LogP contribution in [0.25, 0.3) is 0 Å². The summed E-state index contributed by atoms with van der Waals surface area (Å²) in [6.45, 7) is 0. The molecule has 0 rings (SSSR count). The van der Waals surface area contributed by atoms with Crippen molar-refractivity contribution < 1.29 is 60.6 Å². The van der Waals surface area contributed by atoms with E-state index in [0.717, 1.165) is 0 Å². The summed E-state index contributed by atoms with van der Waals surface area (Å²) >= 11 is 0. The van der Waals surface area contributed by atoms with E-state index in [4.69, 9.17) is 19.2 Å². The van der Waals surface area contributed by atoms with E-state index in [1.807, 2.05) is 0 Å². The smallest absolute Gasteiger partial charge is 0.412 e. The van der Waals surface area contributed by atoms with Gasteiger partial charge in [-0.25, -0.2) is 4.57 Å². The summed E-state index contributed by atoms with van der Waals surface area (Å²) in [5.41, 5.74) is 0. The molecule has 0 aliphatic rings. The molecule has 0 saturated heterocycles. The molecule has 0 aliphatic heterocycles. The maximum atomic E-state index is 8.88. The van der Waals surface area contributed by atoms with Crippen LogP contribution in [0.1, 0.15) is 0 Å². The molecule has 0 aromatic carbocycles. The van der Waals surface area contributed by atoms with Crippen molar-refractivity contribution in [1.82, 2.24) is 0 Å². The average molecular weight is 235 g/mol. The zero-order chi connectivity index (χ0) is 4.50. The molecule has 0 fully saturated rings. The van der Waals surface area contributed by atoms with E-state index in [-0.39, 0.29) is 41.4 Å². The second-order valence-electron chi connectivity index (χ2n) is 0.513. The third kappa shape index (κ3) is 1500. The Labute approximate surface area is 69.1 Å². The molecule has 0 unspecified atom stereocenters. The summed E-state index contributed by atoms with van der Waals surface area (Å²) in [4.78, 5) is 21.6. The molecule has 0 bridgehead atoms. The first-order valence-electron chi connectivity index (χ1n) is 0.783. The molecule has 11 N–H and O–H groups in total. The first-order chi connectivity index (χ1) is 2.00. The number of hydrogen-bond donors (Lipinski definition) is 3. The first kappa shape index (κ1) is 46.3. The first-order valence-corrected chi connectivity index (χ1v) is 2.35. The maximum absolute atomic E-state index is 8.88. The summed E-state index contributed by atoms with van der Waals surface area (Å²) in [5.74, 6) is 0. The van der Waals surface area contributed by atoms with Gasteiger partial charge in [-0.1, -0.05) is 0 Å². The molecule has 0 atom stereocenters. The Hall–Kier alpha value is 0.573. The number of hydrogen-bond acceptors (Lipinski definition) is 1. The largest absolute Gasteiger partial charge is 0.466 e. The van der Waals surface area contributed by atoms with Crippen molar-refractivity contribution in [3.8, 4) is 0 Å². The Kier molecular flexibility index (Phi) is 75.5. The molecule has 66 valence electrons. The minimum atomic E-state index is -4.64. The fourth-order valence-electron chi connectivity index (χ4n) is 0. The van der Waals surface area contributed by atoms with Crippen molar-refractivity contribution in [2.24, 2.45) is 0 Å². The Morgan fingerprint density at radius 3 is 0.800 bits per heavy atom. The van der Waals surface area contributed by atoms with E-state index in [1.165, 1.54) is 0 Å². The quantitative estimate of drug-likeness (QED) is 0.282. The Balaban J connectivity index is -0.00000000800. The van der Waals surface area contributed by atoms with Crippen molar-refractivity contribution in [3.63, 3.8) is 0 Å². The summed E-state index contributed by atoms with van der Waals surface area (Å²) in [7, 11) is -4.64. The molecule has 10 heteroatoms. The SMILES string of the molecule is O.O.O.O.O=P(O)(O)O.[Zn]. The summed E-state index contributed by atoms with van der Waals surface area (Å²) < 4.78 is 8.88. The van der Waals surface area contributed by atoms with Crippen molar-refractivity contribution in [2.75, 3.05) is 0 Å². The molecule has 0 amide bonds. The van der Waals surface area contributed by atoms with Gasteiger partial charge in [0.2, 0.25) is 0 Å². The molecule has 0 heterocycles. The summed E-state index contributed by atoms with van der Waals surface area (Å²) in [6.07, 6.45) is 0. The van der Waals surface area contributed by atoms with Gasteiger partial charge >= 0.3 is 7.82 Å². The topological polar surface area (TPSA) is 204 Å². The van der Waals surface area contributed by atoms with Gasteiger partial charge in [0.15, 0.2) is 0 Å². The molecule has 0 radical (unpaired) electrons. The van der Waals surface area contributed by atoms with E-state index in [2.05, 4.69) is 0 Å². The van der Waals surface area contributed by atoms with Gasteiger partial charge in [-0.2, -0.15) is 0 Å². The second kappa shape index (κ2) is 16.3. The molecule has 0 aromatic rings. The Morgan fingerprint density at radius 2 is 0.800 bits per heavy atom. The average Bonchev–Trinajstić information content (AvgIpc) is 0.722. The van der Waals surface area contributed by atoms with Crippen LogP contribution in [0.15, 0.2) is 0 Å². The molecule has 0 saturated carbocycles. The fourth-order valence-corrected chi connectivity index (χ4v) is 0. The van der Waals surface area contributed by atoms with Gasteiger partial charge in [-0.3, -0.25) is 0 Å². The molecular formula is H11O8PZn. The minimum Gasteiger partial charge on any atom is -0.412 e. The monoisotopic (exact) mass is 234 g/mol. The minimum absolute atomic E-state index is 0. The Bertz CT molecular complexity index is 55.4. The predicted octanol–water partition coefficient (Wildman–Crippen LogP) is -4.23. The standard InChI is InChI=1S/H3O4P.4H2O.Zn/c1-5(2,3)4;;;;;/h(H3,1,2,3,4);4*1H2;. The summed E-state index contributed by atoms with van der Waals surface area (Å²) in [5, 5.41) is 0. The zero-order valence-corrected chi connectivity index (χ0v) is 8.77. The van der Waals surface area contributed by atoms with Gasteiger partial charge in [-0.15, -0.1) is 0 Å². The van der Waals surface area contributed by atoms with Crippen molar-refractivity contribution in [3.05, 3.63) is 0 Å². The molecule has 0 spiro atoms. The van der Waals surface area contributed by atoms with E-state index in [1.54, 1.807) is 0 Å². The van der Waals surface area contributed by atoms with Gasteiger partial charge in [0.1, 0.15) is 0 Å². The fraction of sp³-hybridized carbons (Fsp3) is 0. The van der Waals surface area contributed by atoms with Crippen LogP contribution in [0.5, 0.6) is 0 Å². The van der Waals surface area contributed by atoms with E-state index in [0.29, 0.717) is 0 Å². The molecule has 0 aromatic heterocycles. The molecular weight excluding hydrogens is 224 g/mol. The number of rotatable bonds is 0. The maximum Gasteiger partial charge on any atom is 0.466 e. The molecule has 8 nitrogen and oxygen atoms in total. The third-order valence-corrected chi connectivity index (χ3v) is 0. The van der Waals surface area contributed by atoms with Crippen molar-refractivity contribution >= 4 is 7.82 Å². The van der Waals surface area contributed by atoms with Crippen LogP contribution < -0.4 is 0 Å². The van der Waals surface area contributed by atoms with E-state index >= 15 is 0 Å².